The van der Waals surface area contributed by atoms with Gasteiger partial charge in [-0.1, -0.05) is 6.07 Å². The van der Waals surface area contributed by atoms with E-state index < -0.39 is 0 Å². The molecule has 0 saturated carbocycles. The summed E-state index contributed by atoms with van der Waals surface area (Å²) in [6, 6.07) is 25.3. The van der Waals surface area contributed by atoms with Crippen LogP contribution in [0.3, 0.4) is 0 Å². The molecular weight excluding hydrogens is 514 g/mol. The van der Waals surface area contributed by atoms with Gasteiger partial charge < -0.3 is 24.4 Å². The molecule has 1 aliphatic heterocycles. The highest BCUT2D eigenvalue weighted by Gasteiger charge is 2.42. The van der Waals surface area contributed by atoms with E-state index in [-0.39, 0.29) is 18.2 Å². The molecular formula is C33H39N5OS. The molecule has 0 unspecified atom stereocenters. The fourth-order valence-electron chi connectivity index (χ4n) is 5.79. The largest absolute Gasteiger partial charge is 0.491 e. The molecule has 0 spiro atoms. The zero-order valence-electron chi connectivity index (χ0n) is 24.3. The highest BCUT2D eigenvalue weighted by atomic mass is 32.1. The molecule has 1 fully saturated rings. The minimum absolute atomic E-state index is 0.0748. The van der Waals surface area contributed by atoms with Crippen LogP contribution in [0, 0.1) is 13.8 Å². The van der Waals surface area contributed by atoms with Crippen LogP contribution < -0.4 is 19.9 Å². The normalized spacial score (nSPS) is 16.9. The van der Waals surface area contributed by atoms with Crippen LogP contribution in [-0.4, -0.2) is 33.9 Å². The molecule has 40 heavy (non-hydrogen) atoms. The summed E-state index contributed by atoms with van der Waals surface area (Å²) in [7, 11) is 0. The van der Waals surface area contributed by atoms with Gasteiger partial charge in [0.15, 0.2) is 5.11 Å². The van der Waals surface area contributed by atoms with Gasteiger partial charge in [0.05, 0.1) is 23.9 Å². The fraction of sp³-hybridized carbons (Fsp3) is 0.333. The quantitative estimate of drug-likeness (QED) is 0.220. The SMILES string of the molecule is CCN(CC)c1ccc(-n2c(C)cc([C@@H]3[C@H](c4ccccn4)NC(=S)N3c3ccc(OC(C)C)cc3)c2C)cc1. The van der Waals surface area contributed by atoms with Crippen molar-refractivity contribution in [2.24, 2.45) is 0 Å². The lowest BCUT2D eigenvalue weighted by atomic mass is 9.96. The Hall–Kier alpha value is -3.84. The van der Waals surface area contributed by atoms with Gasteiger partial charge in [0.1, 0.15) is 5.75 Å². The summed E-state index contributed by atoms with van der Waals surface area (Å²) in [5.41, 5.74) is 7.97. The van der Waals surface area contributed by atoms with Gasteiger partial charge in [-0.25, -0.2) is 0 Å². The molecule has 0 bridgehead atoms. The van der Waals surface area contributed by atoms with Crippen molar-refractivity contribution in [3.63, 3.8) is 0 Å². The van der Waals surface area contributed by atoms with Crippen molar-refractivity contribution in [2.75, 3.05) is 22.9 Å². The maximum Gasteiger partial charge on any atom is 0.174 e. The number of ether oxygens (including phenoxy) is 1. The maximum absolute atomic E-state index is 5.96. The Labute approximate surface area is 243 Å². The monoisotopic (exact) mass is 553 g/mol. The van der Waals surface area contributed by atoms with E-state index in [2.05, 4.69) is 95.9 Å². The third-order valence-electron chi connectivity index (χ3n) is 7.61. The summed E-state index contributed by atoms with van der Waals surface area (Å²) >= 11 is 5.96. The third-order valence-corrected chi connectivity index (χ3v) is 7.92. The molecule has 2 atom stereocenters. The van der Waals surface area contributed by atoms with Crippen LogP contribution in [-0.2, 0) is 0 Å². The molecule has 6 nitrogen and oxygen atoms in total. The van der Waals surface area contributed by atoms with Gasteiger partial charge in [-0.05, 0) is 126 Å². The minimum atomic E-state index is -0.0979. The highest BCUT2D eigenvalue weighted by molar-refractivity contribution is 7.80. The van der Waals surface area contributed by atoms with E-state index in [0.717, 1.165) is 35.9 Å². The molecule has 0 amide bonds. The number of hydrogen-bond acceptors (Lipinski definition) is 4. The first kappa shape index (κ1) is 27.7. The number of aromatic nitrogens is 2. The molecule has 5 rings (SSSR count). The molecule has 1 aliphatic rings. The average Bonchev–Trinajstić information content (AvgIpc) is 3.45. The van der Waals surface area contributed by atoms with E-state index in [1.807, 2.05) is 44.3 Å². The summed E-state index contributed by atoms with van der Waals surface area (Å²) < 4.78 is 8.25. The van der Waals surface area contributed by atoms with Crippen molar-refractivity contribution in [1.29, 1.82) is 0 Å². The molecule has 0 radical (unpaired) electrons. The van der Waals surface area contributed by atoms with Crippen molar-refractivity contribution in [1.82, 2.24) is 14.9 Å². The summed E-state index contributed by atoms with van der Waals surface area (Å²) in [5.74, 6) is 0.848. The Balaban J connectivity index is 1.58. The standard InChI is InChI=1S/C33H39N5OS/c1-7-36(8-2)25-12-14-26(15-13-25)37-23(5)21-29(24(37)6)32-31(30-11-9-10-20-34-30)35-33(40)38(32)27-16-18-28(19-17-27)39-22(3)4/h9-22,31-32H,7-8H2,1-6H3,(H,35,40)/t31-,32+/m0/s1. The Bertz CT molecular complexity index is 1440. The lowest BCUT2D eigenvalue weighted by Gasteiger charge is -2.28. The summed E-state index contributed by atoms with van der Waals surface area (Å²) in [5, 5.41) is 4.28. The van der Waals surface area contributed by atoms with Crippen LogP contribution in [0.15, 0.2) is 79.0 Å². The molecule has 1 saturated heterocycles. The number of benzene rings is 2. The Morgan fingerprint density at radius 2 is 1.62 bits per heavy atom. The fourth-order valence-corrected chi connectivity index (χ4v) is 6.14. The van der Waals surface area contributed by atoms with E-state index in [9.17, 15) is 0 Å². The molecule has 2 aromatic heterocycles. The van der Waals surface area contributed by atoms with Gasteiger partial charge in [-0.3, -0.25) is 4.98 Å². The zero-order chi connectivity index (χ0) is 28.4. The number of pyridine rings is 1. The van der Waals surface area contributed by atoms with Crippen LogP contribution in [0.4, 0.5) is 11.4 Å². The van der Waals surface area contributed by atoms with Gasteiger partial charge in [0.2, 0.25) is 0 Å². The summed E-state index contributed by atoms with van der Waals surface area (Å²) in [4.78, 5) is 9.31. The first-order valence-corrected chi connectivity index (χ1v) is 14.5. The van der Waals surface area contributed by atoms with Crippen LogP contribution in [0.2, 0.25) is 0 Å². The predicted molar refractivity (Wildman–Crippen MR) is 169 cm³/mol. The molecule has 4 aromatic rings. The van der Waals surface area contributed by atoms with Crippen LogP contribution in [0.25, 0.3) is 5.69 Å². The topological polar surface area (TPSA) is 45.6 Å². The summed E-state index contributed by atoms with van der Waals surface area (Å²) in [6.45, 7) is 14.8. The van der Waals surface area contributed by atoms with Crippen molar-refractivity contribution < 1.29 is 4.74 Å². The Morgan fingerprint density at radius 3 is 2.23 bits per heavy atom. The molecule has 7 heteroatoms. The Morgan fingerprint density at radius 1 is 0.950 bits per heavy atom. The van der Waals surface area contributed by atoms with E-state index in [1.165, 1.54) is 22.6 Å². The number of hydrogen-bond donors (Lipinski definition) is 1. The van der Waals surface area contributed by atoms with Gasteiger partial charge in [0, 0.05) is 47.7 Å². The number of thiocarbonyl (C=S) groups is 1. The second kappa shape index (κ2) is 11.7. The summed E-state index contributed by atoms with van der Waals surface area (Å²) in [6.07, 6.45) is 1.96. The first-order valence-electron chi connectivity index (χ1n) is 14.1. The van der Waals surface area contributed by atoms with Crippen molar-refractivity contribution in [3.05, 3.63) is 102 Å². The van der Waals surface area contributed by atoms with Crippen molar-refractivity contribution in [3.8, 4) is 11.4 Å². The molecule has 2 aromatic carbocycles. The van der Waals surface area contributed by atoms with Crippen LogP contribution in [0.5, 0.6) is 5.75 Å². The van der Waals surface area contributed by atoms with Crippen molar-refractivity contribution in [2.45, 2.75) is 59.7 Å². The number of aryl methyl sites for hydroxylation is 1. The third kappa shape index (κ3) is 5.30. The predicted octanol–water partition coefficient (Wildman–Crippen LogP) is 7.30. The van der Waals surface area contributed by atoms with Crippen LogP contribution in [0.1, 0.15) is 62.4 Å². The number of rotatable bonds is 9. The van der Waals surface area contributed by atoms with E-state index in [1.54, 1.807) is 0 Å². The zero-order valence-corrected chi connectivity index (χ0v) is 25.1. The first-order chi connectivity index (χ1) is 19.3. The lowest BCUT2D eigenvalue weighted by molar-refractivity contribution is 0.242. The van der Waals surface area contributed by atoms with E-state index in [4.69, 9.17) is 21.9 Å². The molecule has 0 aliphatic carbocycles. The number of nitrogens with zero attached hydrogens (tertiary/aromatic N) is 4. The van der Waals surface area contributed by atoms with Gasteiger partial charge in [0.25, 0.3) is 0 Å². The highest BCUT2D eigenvalue weighted by Crippen LogP contribution is 2.44. The van der Waals surface area contributed by atoms with Gasteiger partial charge >= 0.3 is 0 Å². The van der Waals surface area contributed by atoms with Crippen molar-refractivity contribution >= 4 is 28.7 Å². The lowest BCUT2D eigenvalue weighted by Crippen LogP contribution is -2.29. The molecule has 208 valence electrons. The van der Waals surface area contributed by atoms with Gasteiger partial charge in [-0.2, -0.15) is 0 Å². The number of nitrogens with one attached hydrogen (secondary N) is 1. The number of anilines is 2. The van der Waals surface area contributed by atoms with E-state index in [0.29, 0.717) is 5.11 Å². The maximum atomic E-state index is 5.96. The molecule has 1 N–H and O–H groups in total. The second-order valence-corrected chi connectivity index (χ2v) is 10.9. The smallest absolute Gasteiger partial charge is 0.174 e. The van der Waals surface area contributed by atoms with Crippen LogP contribution >= 0.6 is 12.2 Å². The molecule has 3 heterocycles. The second-order valence-electron chi connectivity index (χ2n) is 10.5. The van der Waals surface area contributed by atoms with E-state index >= 15 is 0 Å². The average molecular weight is 554 g/mol. The minimum Gasteiger partial charge on any atom is -0.491 e. The Kier molecular flexibility index (Phi) is 8.12. The van der Waals surface area contributed by atoms with Gasteiger partial charge in [-0.15, -0.1) is 0 Å².